The Morgan fingerprint density at radius 3 is 2.70 bits per heavy atom. The van der Waals surface area contributed by atoms with Gasteiger partial charge >= 0.3 is 0 Å². The summed E-state index contributed by atoms with van der Waals surface area (Å²) >= 11 is 0. The van der Waals surface area contributed by atoms with Crippen LogP contribution in [0, 0.1) is 11.7 Å². The minimum absolute atomic E-state index is 0.139. The first-order chi connectivity index (χ1) is 9.44. The van der Waals surface area contributed by atoms with E-state index < -0.39 is 0 Å². The molecule has 2 unspecified atom stereocenters. The van der Waals surface area contributed by atoms with Gasteiger partial charge < -0.3 is 9.73 Å². The summed E-state index contributed by atoms with van der Waals surface area (Å²) in [5, 5.41) is 4.42. The largest absolute Gasteiger partial charge is 0.458 e. The molecule has 1 heterocycles. The highest BCUT2D eigenvalue weighted by atomic mass is 19.1. The molecular formula is C17H22FNO. The van der Waals surface area contributed by atoms with E-state index in [1.54, 1.807) is 6.07 Å². The van der Waals surface area contributed by atoms with Gasteiger partial charge in [0.25, 0.3) is 0 Å². The van der Waals surface area contributed by atoms with Gasteiger partial charge in [-0.05, 0) is 58.2 Å². The molecule has 1 aromatic carbocycles. The van der Waals surface area contributed by atoms with Crippen LogP contribution in [0.5, 0.6) is 0 Å². The van der Waals surface area contributed by atoms with Crippen LogP contribution in [-0.4, -0.2) is 12.1 Å². The standard InChI is InChI=1S/C17H22FNO/c1-17(2,3)19-10-12-7-8-13(12)15-9-11-5-4-6-14(18)16(11)20-15/h4-6,9,12-13,19H,7-8,10H2,1-3H3. The van der Waals surface area contributed by atoms with Crippen molar-refractivity contribution in [1.29, 1.82) is 0 Å². The fraction of sp³-hybridized carbons (Fsp3) is 0.529. The number of furan rings is 1. The lowest BCUT2D eigenvalue weighted by molar-refractivity contribution is 0.203. The predicted octanol–water partition coefficient (Wildman–Crippen LogP) is 4.45. The third-order valence-electron chi connectivity index (χ3n) is 4.19. The van der Waals surface area contributed by atoms with Gasteiger partial charge in [0, 0.05) is 16.8 Å². The summed E-state index contributed by atoms with van der Waals surface area (Å²) in [7, 11) is 0. The monoisotopic (exact) mass is 275 g/mol. The molecule has 3 rings (SSSR count). The number of rotatable bonds is 3. The quantitative estimate of drug-likeness (QED) is 0.895. The maximum atomic E-state index is 13.7. The highest BCUT2D eigenvalue weighted by Gasteiger charge is 2.35. The highest BCUT2D eigenvalue weighted by Crippen LogP contribution is 2.44. The van der Waals surface area contributed by atoms with Crippen LogP contribution >= 0.6 is 0 Å². The van der Waals surface area contributed by atoms with Gasteiger partial charge in [0.2, 0.25) is 0 Å². The molecule has 20 heavy (non-hydrogen) atoms. The number of fused-ring (bicyclic) bond motifs is 1. The van der Waals surface area contributed by atoms with Crippen molar-refractivity contribution in [3.8, 4) is 0 Å². The second kappa shape index (κ2) is 4.88. The van der Waals surface area contributed by atoms with Crippen LogP contribution in [0.25, 0.3) is 11.0 Å². The minimum atomic E-state index is -0.266. The molecule has 0 radical (unpaired) electrons. The Balaban J connectivity index is 1.76. The van der Waals surface area contributed by atoms with Crippen molar-refractivity contribution in [3.05, 3.63) is 35.8 Å². The Morgan fingerprint density at radius 2 is 2.10 bits per heavy atom. The van der Waals surface area contributed by atoms with Gasteiger partial charge in [-0.1, -0.05) is 12.1 Å². The lowest BCUT2D eigenvalue weighted by atomic mass is 9.72. The van der Waals surface area contributed by atoms with Crippen LogP contribution < -0.4 is 5.32 Å². The minimum Gasteiger partial charge on any atom is -0.458 e. The molecule has 3 heteroatoms. The van der Waals surface area contributed by atoms with Crippen LogP contribution in [0.1, 0.15) is 45.3 Å². The van der Waals surface area contributed by atoms with Crippen LogP contribution in [0.15, 0.2) is 28.7 Å². The molecule has 2 aromatic rings. The van der Waals surface area contributed by atoms with E-state index in [2.05, 4.69) is 26.1 Å². The topological polar surface area (TPSA) is 25.2 Å². The van der Waals surface area contributed by atoms with E-state index in [4.69, 9.17) is 4.42 Å². The Hall–Kier alpha value is -1.35. The van der Waals surface area contributed by atoms with Crippen molar-refractivity contribution in [1.82, 2.24) is 5.32 Å². The zero-order valence-electron chi connectivity index (χ0n) is 12.4. The maximum Gasteiger partial charge on any atom is 0.169 e. The molecule has 1 saturated carbocycles. The molecule has 1 N–H and O–H groups in total. The summed E-state index contributed by atoms with van der Waals surface area (Å²) in [6.45, 7) is 7.53. The Kier molecular flexibility index (Phi) is 3.33. The average molecular weight is 275 g/mol. The molecule has 1 aromatic heterocycles. The van der Waals surface area contributed by atoms with Crippen molar-refractivity contribution in [2.45, 2.75) is 45.1 Å². The van der Waals surface area contributed by atoms with Crippen LogP contribution in [0.4, 0.5) is 4.39 Å². The summed E-state index contributed by atoms with van der Waals surface area (Å²) in [4.78, 5) is 0. The van der Waals surface area contributed by atoms with Gasteiger partial charge in [0.15, 0.2) is 11.4 Å². The maximum absolute atomic E-state index is 13.7. The number of hydrogen-bond donors (Lipinski definition) is 1. The fourth-order valence-electron chi connectivity index (χ4n) is 2.86. The van der Waals surface area contributed by atoms with Gasteiger partial charge in [-0.15, -0.1) is 0 Å². The molecule has 1 aliphatic carbocycles. The molecule has 2 atom stereocenters. The lowest BCUT2D eigenvalue weighted by Crippen LogP contribution is -2.42. The van der Waals surface area contributed by atoms with Crippen molar-refractivity contribution >= 4 is 11.0 Å². The Labute approximate surface area is 119 Å². The van der Waals surface area contributed by atoms with Gasteiger partial charge in [0.1, 0.15) is 5.76 Å². The number of benzene rings is 1. The summed E-state index contributed by atoms with van der Waals surface area (Å²) in [6.07, 6.45) is 2.35. The van der Waals surface area contributed by atoms with Gasteiger partial charge in [0.05, 0.1) is 0 Å². The lowest BCUT2D eigenvalue weighted by Gasteiger charge is -2.37. The molecular weight excluding hydrogens is 253 g/mol. The molecule has 0 spiro atoms. The molecule has 1 aliphatic rings. The number of nitrogens with one attached hydrogen (secondary N) is 1. The fourth-order valence-corrected chi connectivity index (χ4v) is 2.86. The predicted molar refractivity (Wildman–Crippen MR) is 79.4 cm³/mol. The normalized spacial score (nSPS) is 23.0. The number of para-hydroxylation sites is 1. The number of hydrogen-bond acceptors (Lipinski definition) is 2. The van der Waals surface area contributed by atoms with Crippen molar-refractivity contribution in [3.63, 3.8) is 0 Å². The summed E-state index contributed by atoms with van der Waals surface area (Å²) in [5.74, 6) is 1.70. The highest BCUT2D eigenvalue weighted by molar-refractivity contribution is 5.78. The molecule has 0 saturated heterocycles. The van der Waals surface area contributed by atoms with E-state index in [1.165, 1.54) is 12.5 Å². The number of halogens is 1. The van der Waals surface area contributed by atoms with Crippen molar-refractivity contribution in [2.24, 2.45) is 5.92 Å². The summed E-state index contributed by atoms with van der Waals surface area (Å²) < 4.78 is 19.4. The summed E-state index contributed by atoms with van der Waals surface area (Å²) in [6, 6.07) is 7.10. The third-order valence-corrected chi connectivity index (χ3v) is 4.19. The molecule has 0 bridgehead atoms. The van der Waals surface area contributed by atoms with E-state index in [1.807, 2.05) is 12.1 Å². The second-order valence-corrected chi connectivity index (χ2v) is 6.88. The van der Waals surface area contributed by atoms with Gasteiger partial charge in [-0.2, -0.15) is 0 Å². The Bertz CT molecular complexity index is 611. The Morgan fingerprint density at radius 1 is 1.30 bits per heavy atom. The first kappa shape index (κ1) is 13.6. The van der Waals surface area contributed by atoms with Crippen molar-refractivity contribution < 1.29 is 8.81 Å². The van der Waals surface area contributed by atoms with E-state index in [-0.39, 0.29) is 11.4 Å². The molecule has 2 nitrogen and oxygen atoms in total. The third kappa shape index (κ3) is 2.59. The molecule has 1 fully saturated rings. The van der Waals surface area contributed by atoms with E-state index in [9.17, 15) is 4.39 Å². The second-order valence-electron chi connectivity index (χ2n) is 6.88. The van der Waals surface area contributed by atoms with Crippen LogP contribution in [0.3, 0.4) is 0 Å². The van der Waals surface area contributed by atoms with Crippen LogP contribution in [0.2, 0.25) is 0 Å². The van der Waals surface area contributed by atoms with E-state index in [0.717, 1.165) is 24.1 Å². The zero-order chi connectivity index (χ0) is 14.3. The molecule has 0 aliphatic heterocycles. The SMILES string of the molecule is CC(C)(C)NCC1CCC1c1cc2cccc(F)c2o1. The first-order valence-corrected chi connectivity index (χ1v) is 7.37. The van der Waals surface area contributed by atoms with Gasteiger partial charge in [-0.3, -0.25) is 0 Å². The molecule has 108 valence electrons. The zero-order valence-corrected chi connectivity index (χ0v) is 12.4. The van der Waals surface area contributed by atoms with Gasteiger partial charge in [-0.25, -0.2) is 4.39 Å². The molecule has 0 amide bonds. The summed E-state index contributed by atoms with van der Waals surface area (Å²) in [5.41, 5.74) is 0.539. The van der Waals surface area contributed by atoms with E-state index in [0.29, 0.717) is 17.4 Å². The van der Waals surface area contributed by atoms with Crippen LogP contribution in [-0.2, 0) is 0 Å². The van der Waals surface area contributed by atoms with Crippen molar-refractivity contribution in [2.75, 3.05) is 6.54 Å². The smallest absolute Gasteiger partial charge is 0.169 e. The first-order valence-electron chi connectivity index (χ1n) is 7.37. The van der Waals surface area contributed by atoms with E-state index >= 15 is 0 Å². The average Bonchev–Trinajstić information content (AvgIpc) is 2.70.